The molecule has 0 N–H and O–H groups in total. The first-order valence-corrected chi connectivity index (χ1v) is 20.8. The van der Waals surface area contributed by atoms with E-state index in [-0.39, 0.29) is 5.41 Å². The van der Waals surface area contributed by atoms with E-state index in [1.54, 1.807) is 6.20 Å². The van der Waals surface area contributed by atoms with Crippen molar-refractivity contribution in [2.75, 3.05) is 4.90 Å². The molecule has 284 valence electrons. The number of benzene rings is 8. The van der Waals surface area contributed by atoms with Crippen molar-refractivity contribution in [2.24, 2.45) is 0 Å². The third-order valence-electron chi connectivity index (χ3n) is 13.3. The summed E-state index contributed by atoms with van der Waals surface area (Å²) in [5.74, 6) is 0. The minimum Gasteiger partial charge on any atom is -0.455 e. The monoisotopic (exact) mass is 770 g/mol. The van der Waals surface area contributed by atoms with Crippen LogP contribution in [0, 0.1) is 0 Å². The molecular weight excluding hydrogens is 733 g/mol. The van der Waals surface area contributed by atoms with Gasteiger partial charge in [-0.05, 0) is 109 Å². The summed E-state index contributed by atoms with van der Waals surface area (Å²) in [6.45, 7) is 6.80. The van der Waals surface area contributed by atoms with Gasteiger partial charge in [0, 0.05) is 45.4 Å². The predicted molar refractivity (Wildman–Crippen MR) is 246 cm³/mol. The quantitative estimate of drug-likeness (QED) is 0.179. The largest absolute Gasteiger partial charge is 0.455 e. The molecular formula is C56H38N2O2. The van der Waals surface area contributed by atoms with Gasteiger partial charge in [-0.25, -0.2) is 4.98 Å². The average Bonchev–Trinajstić information content (AvgIpc) is 4.01. The van der Waals surface area contributed by atoms with Gasteiger partial charge in [0.05, 0.1) is 16.5 Å². The van der Waals surface area contributed by atoms with Gasteiger partial charge in [-0.3, -0.25) is 0 Å². The Morgan fingerprint density at radius 3 is 1.98 bits per heavy atom. The van der Waals surface area contributed by atoms with E-state index in [9.17, 15) is 0 Å². The highest BCUT2D eigenvalue weighted by Crippen LogP contribution is 2.66. The van der Waals surface area contributed by atoms with Crippen LogP contribution in [0.5, 0.6) is 0 Å². The second-order valence-electron chi connectivity index (χ2n) is 17.4. The molecule has 8 aromatic carbocycles. The van der Waals surface area contributed by atoms with Gasteiger partial charge < -0.3 is 13.7 Å². The highest BCUT2D eigenvalue weighted by Gasteiger charge is 2.53. The number of pyridine rings is 1. The van der Waals surface area contributed by atoms with Gasteiger partial charge in [-0.2, -0.15) is 0 Å². The molecule has 1 atom stereocenters. The maximum Gasteiger partial charge on any atom is 0.227 e. The zero-order valence-corrected chi connectivity index (χ0v) is 33.5. The second-order valence-corrected chi connectivity index (χ2v) is 17.4. The van der Waals surface area contributed by atoms with Crippen LogP contribution in [0.15, 0.2) is 185 Å². The lowest BCUT2D eigenvalue weighted by Crippen LogP contribution is -2.26. The number of para-hydroxylation sites is 1. The summed E-state index contributed by atoms with van der Waals surface area (Å²) >= 11 is 0. The third kappa shape index (κ3) is 4.32. The van der Waals surface area contributed by atoms with Crippen LogP contribution in [0.3, 0.4) is 0 Å². The SMILES string of the molecule is CC(C)(C)c1ccc(N(c2ccc3c(c2)oc2ncccc23)c2cc3c(c4oc5ccccc5c24)-c2ccccc2C32c3ccccc3-c3c2ccc2ccccc32)cc1. The van der Waals surface area contributed by atoms with Gasteiger partial charge in [0.25, 0.3) is 0 Å². The first-order valence-electron chi connectivity index (χ1n) is 20.8. The molecule has 0 radical (unpaired) electrons. The Morgan fingerprint density at radius 2 is 1.18 bits per heavy atom. The molecule has 1 unspecified atom stereocenters. The number of rotatable bonds is 3. The van der Waals surface area contributed by atoms with Gasteiger partial charge in [0.1, 0.15) is 16.7 Å². The maximum atomic E-state index is 7.18. The zero-order chi connectivity index (χ0) is 39.9. The van der Waals surface area contributed by atoms with Crippen LogP contribution in [0.1, 0.15) is 48.6 Å². The maximum absolute atomic E-state index is 7.18. The van der Waals surface area contributed by atoms with Gasteiger partial charge in [-0.15, -0.1) is 0 Å². The van der Waals surface area contributed by atoms with E-state index in [0.717, 1.165) is 60.9 Å². The minimum absolute atomic E-state index is 0.00325. The Balaban J connectivity index is 1.19. The molecule has 2 aliphatic rings. The Kier molecular flexibility index (Phi) is 6.61. The average molecular weight is 771 g/mol. The summed E-state index contributed by atoms with van der Waals surface area (Å²) < 4.78 is 13.7. The van der Waals surface area contributed by atoms with E-state index >= 15 is 0 Å². The standard InChI is InChI=1S/C56H38N2O2/c1-55(2,3)34-23-25-35(26-24-34)58(36-27-28-38-39-18-12-30-57-54(39)60-49(38)31-36)47-32-46-51(53-52(47)42-17-8-11-21-48(42)59-53)41-16-7-10-20-44(41)56(46)43-19-9-6-15-40(43)50-37-14-5-4-13-33(37)22-29-45(50)56/h4-32H,1-3H3. The van der Waals surface area contributed by atoms with Crippen LogP contribution >= 0.6 is 0 Å². The van der Waals surface area contributed by atoms with E-state index in [4.69, 9.17) is 8.83 Å². The number of fused-ring (bicyclic) bond motifs is 19. The lowest BCUT2D eigenvalue weighted by atomic mass is 9.70. The van der Waals surface area contributed by atoms with Crippen LogP contribution in [-0.2, 0) is 10.8 Å². The summed E-state index contributed by atoms with van der Waals surface area (Å²) in [5.41, 5.74) is 17.0. The fourth-order valence-electron chi connectivity index (χ4n) is 10.7. The molecule has 4 heteroatoms. The minimum atomic E-state index is -0.597. The molecule has 3 aromatic heterocycles. The normalized spacial score (nSPS) is 15.3. The van der Waals surface area contributed by atoms with Crippen LogP contribution in [0.25, 0.3) is 77.0 Å². The molecule has 0 saturated carbocycles. The van der Waals surface area contributed by atoms with E-state index in [1.165, 1.54) is 55.3 Å². The number of hydrogen-bond acceptors (Lipinski definition) is 4. The Morgan fingerprint density at radius 1 is 0.500 bits per heavy atom. The fourth-order valence-corrected chi connectivity index (χ4v) is 10.7. The molecule has 0 saturated heterocycles. The molecule has 13 rings (SSSR count). The molecule has 11 aromatic rings. The van der Waals surface area contributed by atoms with E-state index in [1.807, 2.05) is 6.07 Å². The van der Waals surface area contributed by atoms with Crippen LogP contribution in [0.2, 0.25) is 0 Å². The molecule has 0 bridgehead atoms. The van der Waals surface area contributed by atoms with Crippen molar-refractivity contribution < 1.29 is 8.83 Å². The third-order valence-corrected chi connectivity index (χ3v) is 13.3. The van der Waals surface area contributed by atoms with Crippen LogP contribution < -0.4 is 4.90 Å². The van der Waals surface area contributed by atoms with E-state index < -0.39 is 5.41 Å². The molecule has 2 aliphatic carbocycles. The molecule has 0 amide bonds. The summed E-state index contributed by atoms with van der Waals surface area (Å²) in [4.78, 5) is 6.99. The lowest BCUT2D eigenvalue weighted by Gasteiger charge is -2.32. The molecule has 0 fully saturated rings. The highest BCUT2D eigenvalue weighted by molar-refractivity contribution is 6.20. The number of hydrogen-bond donors (Lipinski definition) is 0. The van der Waals surface area contributed by atoms with Crippen molar-refractivity contribution in [1.82, 2.24) is 4.98 Å². The van der Waals surface area contributed by atoms with Gasteiger partial charge in [0.2, 0.25) is 5.71 Å². The van der Waals surface area contributed by atoms with Crippen molar-refractivity contribution in [3.05, 3.63) is 204 Å². The number of nitrogens with zero attached hydrogens (tertiary/aromatic N) is 2. The molecule has 3 heterocycles. The number of furan rings is 2. The Labute approximate surface area is 347 Å². The van der Waals surface area contributed by atoms with Crippen molar-refractivity contribution in [3.63, 3.8) is 0 Å². The first-order chi connectivity index (χ1) is 29.4. The predicted octanol–water partition coefficient (Wildman–Crippen LogP) is 15.1. The molecule has 0 aliphatic heterocycles. The van der Waals surface area contributed by atoms with Crippen molar-refractivity contribution in [3.8, 4) is 22.3 Å². The smallest absolute Gasteiger partial charge is 0.227 e. The first kappa shape index (κ1) is 33.5. The molecule has 4 nitrogen and oxygen atoms in total. The summed E-state index contributed by atoms with van der Waals surface area (Å²) in [7, 11) is 0. The Hall–Kier alpha value is -7.43. The number of anilines is 3. The van der Waals surface area contributed by atoms with Crippen molar-refractivity contribution >= 4 is 71.8 Å². The van der Waals surface area contributed by atoms with E-state index in [2.05, 4.69) is 194 Å². The molecule has 60 heavy (non-hydrogen) atoms. The van der Waals surface area contributed by atoms with Crippen molar-refractivity contribution in [2.45, 2.75) is 31.6 Å². The fraction of sp³-hybridized carbons (Fsp3) is 0.0893. The van der Waals surface area contributed by atoms with Gasteiger partial charge >= 0.3 is 0 Å². The second kappa shape index (κ2) is 11.8. The van der Waals surface area contributed by atoms with Crippen molar-refractivity contribution in [1.29, 1.82) is 0 Å². The topological polar surface area (TPSA) is 42.4 Å². The zero-order valence-electron chi connectivity index (χ0n) is 33.5. The Bertz CT molecular complexity index is 3600. The summed E-state index contributed by atoms with van der Waals surface area (Å²) in [6, 6.07) is 62.3. The van der Waals surface area contributed by atoms with Crippen LogP contribution in [0.4, 0.5) is 17.1 Å². The summed E-state index contributed by atoms with van der Waals surface area (Å²) in [6.07, 6.45) is 1.79. The van der Waals surface area contributed by atoms with Gasteiger partial charge in [-0.1, -0.05) is 136 Å². The lowest BCUT2D eigenvalue weighted by molar-refractivity contribution is 0.590. The van der Waals surface area contributed by atoms with Crippen LogP contribution in [-0.4, -0.2) is 4.98 Å². The van der Waals surface area contributed by atoms with E-state index in [0.29, 0.717) is 5.71 Å². The summed E-state index contributed by atoms with van der Waals surface area (Å²) in [5, 5.41) is 6.71. The highest BCUT2D eigenvalue weighted by atomic mass is 16.3. The number of aromatic nitrogens is 1. The molecule has 1 spiro atoms. The van der Waals surface area contributed by atoms with Gasteiger partial charge in [0.15, 0.2) is 0 Å².